The molecule has 1 N–H and O–H groups in total. The largest absolute Gasteiger partial charge is 0.383 e. The second kappa shape index (κ2) is 5.61. The van der Waals surface area contributed by atoms with Crippen molar-refractivity contribution in [2.45, 2.75) is 27.2 Å². The number of anilines is 1. The molecule has 0 aliphatic rings. The van der Waals surface area contributed by atoms with Gasteiger partial charge in [0.25, 0.3) is 0 Å². The van der Waals surface area contributed by atoms with E-state index in [4.69, 9.17) is 23.2 Å². The highest BCUT2D eigenvalue weighted by Crippen LogP contribution is 2.34. The first-order valence-corrected chi connectivity index (χ1v) is 6.73. The van der Waals surface area contributed by atoms with Crippen molar-refractivity contribution in [3.63, 3.8) is 0 Å². The summed E-state index contributed by atoms with van der Waals surface area (Å²) in [5.74, 6) is 0. The van der Waals surface area contributed by atoms with E-state index in [0.29, 0.717) is 15.5 Å². The van der Waals surface area contributed by atoms with Crippen LogP contribution in [0.3, 0.4) is 0 Å². The predicted molar refractivity (Wildman–Crippen MR) is 76.7 cm³/mol. The van der Waals surface area contributed by atoms with Gasteiger partial charge in [0, 0.05) is 11.0 Å². The number of hydrogen-bond donors (Lipinski definition) is 1. The van der Waals surface area contributed by atoms with Gasteiger partial charge in [0.1, 0.15) is 0 Å². The fraction of sp³-hybridized carbons (Fsp3) is 0.500. The molecule has 0 saturated carbocycles. The molecule has 0 heterocycles. The first-order chi connectivity index (χ1) is 7.29. The molecule has 1 aromatic rings. The number of benzene rings is 1. The van der Waals surface area contributed by atoms with E-state index in [2.05, 4.69) is 42.0 Å². The minimum Gasteiger partial charge on any atom is -0.383 e. The van der Waals surface area contributed by atoms with E-state index >= 15 is 0 Å². The molecule has 4 heteroatoms. The molecule has 16 heavy (non-hydrogen) atoms. The summed E-state index contributed by atoms with van der Waals surface area (Å²) in [7, 11) is 0. The summed E-state index contributed by atoms with van der Waals surface area (Å²) in [5.41, 5.74) is 1.12. The number of hydrogen-bond acceptors (Lipinski definition) is 1. The van der Waals surface area contributed by atoms with Crippen molar-refractivity contribution in [1.82, 2.24) is 0 Å². The van der Waals surface area contributed by atoms with E-state index in [0.717, 1.165) is 23.1 Å². The van der Waals surface area contributed by atoms with Crippen LogP contribution in [0.4, 0.5) is 5.69 Å². The molecule has 0 unspecified atom stereocenters. The lowest BCUT2D eigenvalue weighted by Crippen LogP contribution is -2.13. The smallest absolute Gasteiger partial charge is 0.0719 e. The summed E-state index contributed by atoms with van der Waals surface area (Å²) in [6, 6.07) is 3.68. The van der Waals surface area contributed by atoms with Gasteiger partial charge in [0.2, 0.25) is 0 Å². The van der Waals surface area contributed by atoms with Crippen molar-refractivity contribution < 1.29 is 0 Å². The van der Waals surface area contributed by atoms with Crippen LogP contribution in [0.15, 0.2) is 16.6 Å². The second-order valence-corrected chi connectivity index (χ2v) is 6.71. The Hall–Kier alpha value is 0.0800. The Labute approximate surface area is 116 Å². The molecule has 0 radical (unpaired) electrons. The summed E-state index contributed by atoms with van der Waals surface area (Å²) >= 11 is 15.6. The zero-order valence-electron chi connectivity index (χ0n) is 9.70. The average Bonchev–Trinajstić information content (AvgIpc) is 2.07. The Morgan fingerprint density at radius 1 is 1.19 bits per heavy atom. The third-order valence-electron chi connectivity index (χ3n) is 2.18. The van der Waals surface area contributed by atoms with Gasteiger partial charge in [-0.3, -0.25) is 0 Å². The minimum absolute atomic E-state index is 0.307. The van der Waals surface area contributed by atoms with Crippen molar-refractivity contribution in [1.29, 1.82) is 0 Å². The molecule has 1 rings (SSSR count). The first kappa shape index (κ1) is 14.1. The highest BCUT2D eigenvalue weighted by molar-refractivity contribution is 9.10. The fourth-order valence-corrected chi connectivity index (χ4v) is 2.62. The lowest BCUT2D eigenvalue weighted by Gasteiger charge is -2.19. The van der Waals surface area contributed by atoms with E-state index in [9.17, 15) is 0 Å². The Morgan fingerprint density at radius 2 is 1.69 bits per heavy atom. The number of halogens is 3. The van der Waals surface area contributed by atoms with Gasteiger partial charge in [-0.1, -0.05) is 59.9 Å². The summed E-state index contributed by atoms with van der Waals surface area (Å²) in [5, 5.41) is 4.57. The van der Waals surface area contributed by atoms with E-state index in [1.165, 1.54) is 0 Å². The Balaban J connectivity index is 2.68. The van der Waals surface area contributed by atoms with Crippen LogP contribution in [0.2, 0.25) is 10.0 Å². The average molecular weight is 325 g/mol. The minimum atomic E-state index is 0.307. The molecule has 90 valence electrons. The highest BCUT2D eigenvalue weighted by Gasteiger charge is 2.11. The topological polar surface area (TPSA) is 12.0 Å². The molecular weight excluding hydrogens is 309 g/mol. The summed E-state index contributed by atoms with van der Waals surface area (Å²) in [4.78, 5) is 0. The lowest BCUT2D eigenvalue weighted by molar-refractivity contribution is 0.390. The number of nitrogens with one attached hydrogen (secondary N) is 1. The van der Waals surface area contributed by atoms with Crippen LogP contribution >= 0.6 is 39.1 Å². The normalized spacial score (nSPS) is 11.6. The molecule has 0 saturated heterocycles. The van der Waals surface area contributed by atoms with Crippen molar-refractivity contribution in [3.05, 3.63) is 26.7 Å². The molecule has 0 aliphatic carbocycles. The monoisotopic (exact) mass is 323 g/mol. The van der Waals surface area contributed by atoms with Crippen LogP contribution in [0, 0.1) is 5.41 Å². The van der Waals surface area contributed by atoms with Gasteiger partial charge < -0.3 is 5.32 Å². The molecule has 0 amide bonds. The lowest BCUT2D eigenvalue weighted by atomic mass is 9.92. The molecule has 1 aromatic carbocycles. The molecular formula is C12H16BrCl2N. The van der Waals surface area contributed by atoms with Gasteiger partial charge >= 0.3 is 0 Å². The predicted octanol–water partition coefficient (Wildman–Crippen LogP) is 5.60. The Morgan fingerprint density at radius 3 is 2.12 bits per heavy atom. The third kappa shape index (κ3) is 4.52. The van der Waals surface area contributed by atoms with Gasteiger partial charge in [-0.15, -0.1) is 0 Å². The summed E-state index contributed by atoms with van der Waals surface area (Å²) < 4.78 is 0.892. The van der Waals surface area contributed by atoms with Gasteiger partial charge in [-0.05, 0) is 24.0 Å². The summed E-state index contributed by atoms with van der Waals surface area (Å²) in [6.07, 6.45) is 1.07. The Kier molecular flexibility index (Phi) is 4.96. The second-order valence-electron chi connectivity index (χ2n) is 4.98. The first-order valence-electron chi connectivity index (χ1n) is 5.18. The zero-order valence-corrected chi connectivity index (χ0v) is 12.8. The number of rotatable bonds is 3. The molecule has 0 aliphatic heterocycles. The van der Waals surface area contributed by atoms with Gasteiger partial charge in [-0.25, -0.2) is 0 Å². The van der Waals surface area contributed by atoms with Crippen molar-refractivity contribution >= 4 is 44.8 Å². The SMILES string of the molecule is CC(C)(C)CCNc1c(Cl)cc(Br)cc1Cl. The molecule has 0 aromatic heterocycles. The maximum atomic E-state index is 6.11. The van der Waals surface area contributed by atoms with Crippen molar-refractivity contribution in [2.75, 3.05) is 11.9 Å². The van der Waals surface area contributed by atoms with Gasteiger partial charge in [0.15, 0.2) is 0 Å². The van der Waals surface area contributed by atoms with E-state index in [-0.39, 0.29) is 0 Å². The van der Waals surface area contributed by atoms with Crippen molar-refractivity contribution in [2.24, 2.45) is 5.41 Å². The molecule has 1 nitrogen and oxygen atoms in total. The quantitative estimate of drug-likeness (QED) is 0.762. The molecule has 0 fully saturated rings. The van der Waals surface area contributed by atoms with E-state index < -0.39 is 0 Å². The van der Waals surface area contributed by atoms with Gasteiger partial charge in [0.05, 0.1) is 15.7 Å². The standard InChI is InChI=1S/C12H16BrCl2N/c1-12(2,3)4-5-16-11-9(14)6-8(13)7-10(11)15/h6-7,16H,4-5H2,1-3H3. The van der Waals surface area contributed by atoms with E-state index in [1.807, 2.05) is 12.1 Å². The van der Waals surface area contributed by atoms with E-state index in [1.54, 1.807) is 0 Å². The highest BCUT2D eigenvalue weighted by atomic mass is 79.9. The zero-order chi connectivity index (χ0) is 12.3. The van der Waals surface area contributed by atoms with Crippen LogP contribution in [-0.4, -0.2) is 6.54 Å². The van der Waals surface area contributed by atoms with Crippen LogP contribution in [0.25, 0.3) is 0 Å². The van der Waals surface area contributed by atoms with Gasteiger partial charge in [-0.2, -0.15) is 0 Å². The van der Waals surface area contributed by atoms with Crippen LogP contribution in [0.1, 0.15) is 27.2 Å². The van der Waals surface area contributed by atoms with Crippen molar-refractivity contribution in [3.8, 4) is 0 Å². The Bertz CT molecular complexity index is 349. The molecule has 0 bridgehead atoms. The van der Waals surface area contributed by atoms with Crippen LogP contribution in [0.5, 0.6) is 0 Å². The molecule has 0 atom stereocenters. The maximum absolute atomic E-state index is 6.11. The van der Waals surface area contributed by atoms with Crippen LogP contribution in [-0.2, 0) is 0 Å². The molecule has 0 spiro atoms. The van der Waals surface area contributed by atoms with Crippen LogP contribution < -0.4 is 5.32 Å². The maximum Gasteiger partial charge on any atom is 0.0719 e. The third-order valence-corrected chi connectivity index (χ3v) is 3.24. The fourth-order valence-electron chi connectivity index (χ4n) is 1.27. The summed E-state index contributed by atoms with van der Waals surface area (Å²) in [6.45, 7) is 7.49.